The highest BCUT2D eigenvalue weighted by Crippen LogP contribution is 2.33. The summed E-state index contributed by atoms with van der Waals surface area (Å²) in [5.41, 5.74) is 3.08. The summed E-state index contributed by atoms with van der Waals surface area (Å²) in [6, 6.07) is 4.06. The Hall–Kier alpha value is -0.960. The van der Waals surface area contributed by atoms with E-state index in [1.165, 1.54) is 0 Å². The lowest BCUT2D eigenvalue weighted by Gasteiger charge is -2.21. The Labute approximate surface area is 115 Å². The number of esters is 1. The molecule has 0 saturated heterocycles. The van der Waals surface area contributed by atoms with Crippen LogP contribution in [0, 0.1) is 19.8 Å². The van der Waals surface area contributed by atoms with Crippen molar-refractivity contribution in [2.24, 2.45) is 5.92 Å². The SMILES string of the molecule is Cc1cc(C(C)(C)S)cc(C)c1OC(=O)C(C)C. The fourth-order valence-electron chi connectivity index (χ4n) is 1.68. The van der Waals surface area contributed by atoms with Gasteiger partial charge in [0.15, 0.2) is 0 Å². The highest BCUT2D eigenvalue weighted by atomic mass is 32.1. The van der Waals surface area contributed by atoms with Gasteiger partial charge in [-0.2, -0.15) is 12.6 Å². The molecule has 3 heteroatoms. The third-order valence-corrected chi connectivity index (χ3v) is 3.10. The van der Waals surface area contributed by atoms with E-state index in [2.05, 4.69) is 12.6 Å². The van der Waals surface area contributed by atoms with Gasteiger partial charge in [-0.1, -0.05) is 26.0 Å². The van der Waals surface area contributed by atoms with Crippen LogP contribution < -0.4 is 4.74 Å². The van der Waals surface area contributed by atoms with Gasteiger partial charge in [0.2, 0.25) is 0 Å². The number of rotatable bonds is 3. The first-order chi connectivity index (χ1) is 8.12. The number of aryl methyl sites for hydroxylation is 2. The van der Waals surface area contributed by atoms with Crippen molar-refractivity contribution in [1.29, 1.82) is 0 Å². The summed E-state index contributed by atoms with van der Waals surface area (Å²) in [5, 5.41) is 0. The van der Waals surface area contributed by atoms with Crippen molar-refractivity contribution in [3.8, 4) is 5.75 Å². The first-order valence-corrected chi connectivity index (χ1v) is 6.63. The maximum absolute atomic E-state index is 11.7. The van der Waals surface area contributed by atoms with Crippen LogP contribution in [0.15, 0.2) is 12.1 Å². The van der Waals surface area contributed by atoms with Gasteiger partial charge in [-0.3, -0.25) is 4.79 Å². The van der Waals surface area contributed by atoms with Crippen molar-refractivity contribution >= 4 is 18.6 Å². The van der Waals surface area contributed by atoms with Gasteiger partial charge in [-0.05, 0) is 44.4 Å². The molecule has 0 unspecified atom stereocenters. The van der Waals surface area contributed by atoms with Gasteiger partial charge >= 0.3 is 5.97 Å². The predicted molar refractivity (Wildman–Crippen MR) is 78.4 cm³/mol. The van der Waals surface area contributed by atoms with Crippen LogP contribution in [0.4, 0.5) is 0 Å². The molecule has 0 aliphatic carbocycles. The molecule has 0 aromatic heterocycles. The van der Waals surface area contributed by atoms with Crippen LogP contribution in [-0.4, -0.2) is 5.97 Å². The van der Waals surface area contributed by atoms with Crippen molar-refractivity contribution in [3.63, 3.8) is 0 Å². The standard InChI is InChI=1S/C15H22O2S/c1-9(2)14(16)17-13-10(3)7-12(8-11(13)4)15(5,6)18/h7-9,18H,1-6H3. The molecule has 0 heterocycles. The van der Waals surface area contributed by atoms with E-state index >= 15 is 0 Å². The molecule has 18 heavy (non-hydrogen) atoms. The molecule has 0 fully saturated rings. The summed E-state index contributed by atoms with van der Waals surface area (Å²) in [5.74, 6) is 0.360. The monoisotopic (exact) mass is 266 g/mol. The number of ether oxygens (including phenoxy) is 1. The largest absolute Gasteiger partial charge is 0.426 e. The van der Waals surface area contributed by atoms with Gasteiger partial charge < -0.3 is 4.74 Å². The fourth-order valence-corrected chi connectivity index (χ4v) is 1.81. The van der Waals surface area contributed by atoms with E-state index in [1.807, 2.05) is 53.7 Å². The van der Waals surface area contributed by atoms with E-state index in [-0.39, 0.29) is 16.6 Å². The van der Waals surface area contributed by atoms with Gasteiger partial charge in [0.25, 0.3) is 0 Å². The minimum Gasteiger partial charge on any atom is -0.426 e. The number of carbonyl (C=O) groups is 1. The minimum absolute atomic E-state index is 0.121. The van der Waals surface area contributed by atoms with Gasteiger partial charge in [0.05, 0.1) is 5.92 Å². The Morgan fingerprint density at radius 2 is 1.67 bits per heavy atom. The van der Waals surface area contributed by atoms with Gasteiger partial charge in [-0.15, -0.1) is 0 Å². The summed E-state index contributed by atoms with van der Waals surface area (Å²) >= 11 is 4.57. The van der Waals surface area contributed by atoms with E-state index in [9.17, 15) is 4.79 Å². The fraction of sp³-hybridized carbons (Fsp3) is 0.533. The lowest BCUT2D eigenvalue weighted by Crippen LogP contribution is -2.17. The predicted octanol–water partition coefficient (Wildman–Crippen LogP) is 4.03. The van der Waals surface area contributed by atoms with Crippen LogP contribution >= 0.6 is 12.6 Å². The lowest BCUT2D eigenvalue weighted by atomic mass is 9.97. The third-order valence-electron chi connectivity index (χ3n) is 2.84. The zero-order valence-electron chi connectivity index (χ0n) is 12.0. The second-order valence-electron chi connectivity index (χ2n) is 5.57. The maximum atomic E-state index is 11.7. The van der Waals surface area contributed by atoms with Crippen molar-refractivity contribution in [2.45, 2.75) is 46.3 Å². The first kappa shape index (κ1) is 15.1. The quantitative estimate of drug-likeness (QED) is 0.508. The second-order valence-corrected chi connectivity index (χ2v) is 6.69. The number of carbonyl (C=O) groups excluding carboxylic acids is 1. The third kappa shape index (κ3) is 3.52. The average molecular weight is 266 g/mol. The van der Waals surface area contributed by atoms with Crippen LogP contribution in [0.25, 0.3) is 0 Å². The van der Waals surface area contributed by atoms with Crippen molar-refractivity contribution in [1.82, 2.24) is 0 Å². The topological polar surface area (TPSA) is 26.3 Å². The molecule has 0 aliphatic rings. The van der Waals surface area contributed by atoms with E-state index < -0.39 is 0 Å². The Morgan fingerprint density at radius 3 is 2.00 bits per heavy atom. The van der Waals surface area contributed by atoms with Crippen molar-refractivity contribution in [2.75, 3.05) is 0 Å². The van der Waals surface area contributed by atoms with Crippen LogP contribution in [0.5, 0.6) is 5.75 Å². The summed E-state index contributed by atoms with van der Waals surface area (Å²) < 4.78 is 5.24. The number of thiol groups is 1. The zero-order chi connectivity index (χ0) is 14.1. The minimum atomic E-state index is -0.198. The van der Waals surface area contributed by atoms with E-state index in [4.69, 9.17) is 4.74 Å². The molecule has 1 rings (SSSR count). The molecule has 2 nitrogen and oxygen atoms in total. The molecule has 0 aliphatic heterocycles. The van der Waals surface area contributed by atoms with Gasteiger partial charge in [-0.25, -0.2) is 0 Å². The summed E-state index contributed by atoms with van der Waals surface area (Å²) in [6.07, 6.45) is 0. The molecule has 1 aromatic carbocycles. The molecule has 0 N–H and O–H groups in total. The molecule has 1 aromatic rings. The molecule has 100 valence electrons. The molecule has 0 saturated carbocycles. The van der Waals surface area contributed by atoms with Crippen LogP contribution in [0.1, 0.15) is 44.4 Å². The van der Waals surface area contributed by atoms with Crippen molar-refractivity contribution < 1.29 is 9.53 Å². The summed E-state index contributed by atoms with van der Waals surface area (Å²) in [4.78, 5) is 11.7. The normalized spacial score (nSPS) is 11.8. The Morgan fingerprint density at radius 1 is 1.22 bits per heavy atom. The Balaban J connectivity index is 3.14. The maximum Gasteiger partial charge on any atom is 0.313 e. The molecular formula is C15H22O2S. The van der Waals surface area contributed by atoms with E-state index in [0.717, 1.165) is 16.7 Å². The van der Waals surface area contributed by atoms with Crippen molar-refractivity contribution in [3.05, 3.63) is 28.8 Å². The summed E-state index contributed by atoms with van der Waals surface area (Å²) in [7, 11) is 0. The van der Waals surface area contributed by atoms with E-state index in [1.54, 1.807) is 0 Å². The highest BCUT2D eigenvalue weighted by Gasteiger charge is 2.19. The van der Waals surface area contributed by atoms with Crippen LogP contribution in [-0.2, 0) is 9.54 Å². The highest BCUT2D eigenvalue weighted by molar-refractivity contribution is 7.81. The van der Waals surface area contributed by atoms with Crippen LogP contribution in [0.3, 0.4) is 0 Å². The van der Waals surface area contributed by atoms with Gasteiger partial charge in [0.1, 0.15) is 5.75 Å². The van der Waals surface area contributed by atoms with Crippen LogP contribution in [0.2, 0.25) is 0 Å². The molecular weight excluding hydrogens is 244 g/mol. The molecule has 0 bridgehead atoms. The number of hydrogen-bond donors (Lipinski definition) is 1. The molecule has 0 amide bonds. The van der Waals surface area contributed by atoms with E-state index in [0.29, 0.717) is 5.75 Å². The Kier molecular flexibility index (Phi) is 4.49. The Bertz CT molecular complexity index is 433. The van der Waals surface area contributed by atoms with Gasteiger partial charge in [0, 0.05) is 4.75 Å². The number of hydrogen-bond acceptors (Lipinski definition) is 3. The first-order valence-electron chi connectivity index (χ1n) is 6.18. The zero-order valence-corrected chi connectivity index (χ0v) is 12.9. The molecule has 0 atom stereocenters. The molecule has 0 spiro atoms. The number of benzene rings is 1. The smallest absolute Gasteiger partial charge is 0.313 e. The second kappa shape index (κ2) is 5.35. The molecule has 0 radical (unpaired) electrons. The average Bonchev–Trinajstić information content (AvgIpc) is 2.21. The lowest BCUT2D eigenvalue weighted by molar-refractivity contribution is -0.137. The summed E-state index contributed by atoms with van der Waals surface area (Å²) in [6.45, 7) is 11.7.